The Kier molecular flexibility index (Phi) is 4.49. The van der Waals surface area contributed by atoms with Gasteiger partial charge in [-0.1, -0.05) is 35.9 Å². The van der Waals surface area contributed by atoms with E-state index in [1.807, 2.05) is 26.0 Å². The zero-order valence-corrected chi connectivity index (χ0v) is 13.3. The minimum Gasteiger partial charge on any atom is -0.388 e. The monoisotopic (exact) mass is 304 g/mol. The van der Waals surface area contributed by atoms with Gasteiger partial charge in [-0.2, -0.15) is 0 Å². The highest BCUT2D eigenvalue weighted by atomic mass is 32.2. The quantitative estimate of drug-likeness (QED) is 0.944. The smallest absolute Gasteiger partial charge is 0.175 e. The Balaban J connectivity index is 2.20. The molecular weight excluding hydrogens is 284 g/mol. The maximum atomic E-state index is 11.4. The Bertz CT molecular complexity index is 731. The zero-order valence-electron chi connectivity index (χ0n) is 12.5. The number of hydrogen-bond acceptors (Lipinski definition) is 3. The normalized spacial score (nSPS) is 13.1. The number of sulfone groups is 1. The van der Waals surface area contributed by atoms with Crippen molar-refractivity contribution in [2.45, 2.75) is 31.3 Å². The standard InChI is InChI=1S/C17H20O3S/c1-12-4-5-13(2)15(10-12)11-17(18)14-6-8-16(9-7-14)21(3,19)20/h4-10,17-18H,11H2,1-3H3. The van der Waals surface area contributed by atoms with Crippen LogP contribution in [0.2, 0.25) is 0 Å². The number of rotatable bonds is 4. The molecule has 0 bridgehead atoms. The van der Waals surface area contributed by atoms with Gasteiger partial charge in [-0.25, -0.2) is 8.42 Å². The van der Waals surface area contributed by atoms with Crippen LogP contribution >= 0.6 is 0 Å². The average Bonchev–Trinajstić information content (AvgIpc) is 2.42. The molecule has 4 heteroatoms. The molecule has 0 saturated carbocycles. The van der Waals surface area contributed by atoms with Crippen LogP contribution in [-0.2, 0) is 16.3 Å². The lowest BCUT2D eigenvalue weighted by Gasteiger charge is -2.14. The third kappa shape index (κ3) is 3.93. The highest BCUT2D eigenvalue weighted by molar-refractivity contribution is 7.90. The molecule has 0 heterocycles. The predicted molar refractivity (Wildman–Crippen MR) is 84.1 cm³/mol. The summed E-state index contributed by atoms with van der Waals surface area (Å²) in [5.74, 6) is 0. The summed E-state index contributed by atoms with van der Waals surface area (Å²) in [4.78, 5) is 0.269. The van der Waals surface area contributed by atoms with Crippen molar-refractivity contribution < 1.29 is 13.5 Å². The molecule has 0 aromatic heterocycles. The zero-order chi connectivity index (χ0) is 15.6. The van der Waals surface area contributed by atoms with Crippen molar-refractivity contribution >= 4 is 9.84 Å². The fourth-order valence-electron chi connectivity index (χ4n) is 2.28. The van der Waals surface area contributed by atoms with E-state index in [2.05, 4.69) is 6.07 Å². The van der Waals surface area contributed by atoms with Crippen LogP contribution < -0.4 is 0 Å². The fourth-order valence-corrected chi connectivity index (χ4v) is 2.91. The van der Waals surface area contributed by atoms with E-state index in [9.17, 15) is 13.5 Å². The number of aryl methyl sites for hydroxylation is 2. The molecule has 0 aliphatic heterocycles. The number of hydrogen-bond donors (Lipinski definition) is 1. The molecule has 2 aromatic rings. The molecule has 0 aliphatic rings. The summed E-state index contributed by atoms with van der Waals surface area (Å²) in [5, 5.41) is 10.3. The molecule has 2 aromatic carbocycles. The first kappa shape index (κ1) is 15.7. The molecule has 0 aliphatic carbocycles. The molecule has 112 valence electrons. The van der Waals surface area contributed by atoms with Crippen molar-refractivity contribution in [1.82, 2.24) is 0 Å². The Morgan fingerprint density at radius 3 is 2.24 bits per heavy atom. The van der Waals surface area contributed by atoms with Gasteiger partial charge in [0.2, 0.25) is 0 Å². The SMILES string of the molecule is Cc1ccc(C)c(CC(O)c2ccc(S(C)(=O)=O)cc2)c1. The topological polar surface area (TPSA) is 54.4 Å². The minimum atomic E-state index is -3.20. The Labute approximate surface area is 126 Å². The molecule has 1 N–H and O–H groups in total. The fraction of sp³-hybridized carbons (Fsp3) is 0.294. The molecule has 1 atom stereocenters. The van der Waals surface area contributed by atoms with Crippen LogP contribution in [0.25, 0.3) is 0 Å². The summed E-state index contributed by atoms with van der Waals surface area (Å²) in [6.07, 6.45) is 1.06. The molecule has 1 unspecified atom stereocenters. The van der Waals surface area contributed by atoms with Crippen molar-refractivity contribution in [2.75, 3.05) is 6.26 Å². The lowest BCUT2D eigenvalue weighted by atomic mass is 9.97. The summed E-state index contributed by atoms with van der Waals surface area (Å²) < 4.78 is 22.8. The average molecular weight is 304 g/mol. The highest BCUT2D eigenvalue weighted by Gasteiger charge is 2.12. The van der Waals surface area contributed by atoms with Gasteiger partial charge >= 0.3 is 0 Å². The summed E-state index contributed by atoms with van der Waals surface area (Å²) >= 11 is 0. The Hall–Kier alpha value is -1.65. The molecule has 0 saturated heterocycles. The van der Waals surface area contributed by atoms with E-state index >= 15 is 0 Å². The molecule has 0 spiro atoms. The number of aliphatic hydroxyl groups excluding tert-OH is 1. The largest absolute Gasteiger partial charge is 0.388 e. The van der Waals surface area contributed by atoms with Crippen LogP contribution in [0.15, 0.2) is 47.4 Å². The Morgan fingerprint density at radius 1 is 1.05 bits per heavy atom. The minimum absolute atomic E-state index is 0.269. The van der Waals surface area contributed by atoms with Gasteiger partial charge in [0.25, 0.3) is 0 Å². The van der Waals surface area contributed by atoms with E-state index in [1.165, 1.54) is 18.4 Å². The third-order valence-corrected chi connectivity index (χ3v) is 4.74. The van der Waals surface area contributed by atoms with Crippen LogP contribution in [-0.4, -0.2) is 19.8 Å². The van der Waals surface area contributed by atoms with E-state index in [-0.39, 0.29) is 4.90 Å². The second-order valence-corrected chi connectivity index (χ2v) is 7.51. The van der Waals surface area contributed by atoms with Gasteiger partial charge in [0.05, 0.1) is 11.0 Å². The molecular formula is C17H20O3S. The van der Waals surface area contributed by atoms with Crippen molar-refractivity contribution in [3.8, 4) is 0 Å². The number of aliphatic hydroxyl groups is 1. The second-order valence-electron chi connectivity index (χ2n) is 5.49. The van der Waals surface area contributed by atoms with Gasteiger partial charge in [-0.3, -0.25) is 0 Å². The second kappa shape index (κ2) is 6.00. The Morgan fingerprint density at radius 2 is 1.67 bits per heavy atom. The van der Waals surface area contributed by atoms with Crippen LogP contribution in [0, 0.1) is 13.8 Å². The lowest BCUT2D eigenvalue weighted by Crippen LogP contribution is -2.04. The molecule has 3 nitrogen and oxygen atoms in total. The third-order valence-electron chi connectivity index (χ3n) is 3.61. The summed E-state index contributed by atoms with van der Waals surface area (Å²) in [5.41, 5.74) is 4.14. The van der Waals surface area contributed by atoms with Crippen LogP contribution in [0.5, 0.6) is 0 Å². The van der Waals surface area contributed by atoms with Gasteiger partial charge in [-0.05, 0) is 42.7 Å². The molecule has 21 heavy (non-hydrogen) atoms. The lowest BCUT2D eigenvalue weighted by molar-refractivity contribution is 0.178. The van der Waals surface area contributed by atoms with Crippen molar-refractivity contribution in [1.29, 1.82) is 0 Å². The molecule has 0 fully saturated rings. The van der Waals surface area contributed by atoms with Gasteiger partial charge in [-0.15, -0.1) is 0 Å². The maximum Gasteiger partial charge on any atom is 0.175 e. The van der Waals surface area contributed by atoms with E-state index in [4.69, 9.17) is 0 Å². The van der Waals surface area contributed by atoms with Crippen molar-refractivity contribution in [2.24, 2.45) is 0 Å². The van der Waals surface area contributed by atoms with Gasteiger partial charge in [0.1, 0.15) is 0 Å². The van der Waals surface area contributed by atoms with Crippen LogP contribution in [0.1, 0.15) is 28.4 Å². The maximum absolute atomic E-state index is 11.4. The summed E-state index contributed by atoms with van der Waals surface area (Å²) in [7, 11) is -3.20. The van der Waals surface area contributed by atoms with Gasteiger partial charge in [0.15, 0.2) is 9.84 Å². The first-order valence-electron chi connectivity index (χ1n) is 6.81. The summed E-state index contributed by atoms with van der Waals surface area (Å²) in [6, 6.07) is 12.6. The van der Waals surface area contributed by atoms with E-state index in [1.54, 1.807) is 12.1 Å². The predicted octanol–water partition coefficient (Wildman–Crippen LogP) is 2.98. The number of benzene rings is 2. The van der Waals surface area contributed by atoms with E-state index in [0.29, 0.717) is 6.42 Å². The molecule has 0 radical (unpaired) electrons. The van der Waals surface area contributed by atoms with E-state index in [0.717, 1.165) is 22.3 Å². The first-order chi connectivity index (χ1) is 9.77. The first-order valence-corrected chi connectivity index (χ1v) is 8.71. The molecule has 0 amide bonds. The van der Waals surface area contributed by atoms with Crippen LogP contribution in [0.4, 0.5) is 0 Å². The molecule has 2 rings (SSSR count). The van der Waals surface area contributed by atoms with Crippen molar-refractivity contribution in [3.63, 3.8) is 0 Å². The van der Waals surface area contributed by atoms with Crippen molar-refractivity contribution in [3.05, 3.63) is 64.7 Å². The van der Waals surface area contributed by atoms with Crippen LogP contribution in [0.3, 0.4) is 0 Å². The van der Waals surface area contributed by atoms with E-state index < -0.39 is 15.9 Å². The highest BCUT2D eigenvalue weighted by Crippen LogP contribution is 2.22. The summed E-state index contributed by atoms with van der Waals surface area (Å²) in [6.45, 7) is 4.05. The van der Waals surface area contributed by atoms with Gasteiger partial charge in [0, 0.05) is 12.7 Å². The van der Waals surface area contributed by atoms with Gasteiger partial charge < -0.3 is 5.11 Å².